The van der Waals surface area contributed by atoms with Gasteiger partial charge in [0.15, 0.2) is 0 Å². The Labute approximate surface area is 119 Å². The van der Waals surface area contributed by atoms with E-state index >= 15 is 0 Å². The maximum absolute atomic E-state index is 13.5. The van der Waals surface area contributed by atoms with E-state index in [9.17, 15) is 4.39 Å². The number of rotatable bonds is 4. The molecule has 0 unspecified atom stereocenters. The molecule has 1 heterocycles. The third-order valence-electron chi connectivity index (χ3n) is 2.44. The smallest absolute Gasteiger partial charge is 0.143 e. The SMILES string of the molecule is CCNc1nc(Cc2ccccc2F)ncc1I. The predicted octanol–water partition coefficient (Wildman–Crippen LogP) is 3.24. The average Bonchev–Trinajstić information content (AvgIpc) is 2.36. The van der Waals surface area contributed by atoms with E-state index in [2.05, 4.69) is 37.9 Å². The maximum atomic E-state index is 13.5. The zero-order valence-electron chi connectivity index (χ0n) is 9.95. The monoisotopic (exact) mass is 357 g/mol. The quantitative estimate of drug-likeness (QED) is 0.854. The van der Waals surface area contributed by atoms with Crippen LogP contribution in [-0.2, 0) is 6.42 Å². The molecular weight excluding hydrogens is 344 g/mol. The molecule has 94 valence electrons. The van der Waals surface area contributed by atoms with Crippen molar-refractivity contribution in [3.8, 4) is 0 Å². The highest BCUT2D eigenvalue weighted by Crippen LogP contribution is 2.16. The molecular formula is C13H13FIN3. The van der Waals surface area contributed by atoms with Crippen LogP contribution in [0.2, 0.25) is 0 Å². The highest BCUT2D eigenvalue weighted by molar-refractivity contribution is 14.1. The maximum Gasteiger partial charge on any atom is 0.143 e. The third-order valence-corrected chi connectivity index (χ3v) is 3.23. The van der Waals surface area contributed by atoms with Crippen LogP contribution in [0, 0.1) is 9.39 Å². The Hall–Kier alpha value is -1.24. The number of hydrogen-bond donors (Lipinski definition) is 1. The van der Waals surface area contributed by atoms with Crippen LogP contribution in [0.4, 0.5) is 10.2 Å². The Kier molecular flexibility index (Phi) is 4.46. The summed E-state index contributed by atoms with van der Waals surface area (Å²) in [7, 11) is 0. The molecule has 0 atom stereocenters. The fourth-order valence-corrected chi connectivity index (χ4v) is 2.04. The van der Waals surface area contributed by atoms with Gasteiger partial charge in [0.2, 0.25) is 0 Å². The van der Waals surface area contributed by atoms with Crippen molar-refractivity contribution in [1.82, 2.24) is 9.97 Å². The van der Waals surface area contributed by atoms with Gasteiger partial charge in [-0.3, -0.25) is 0 Å². The Bertz CT molecular complexity index is 546. The standard InChI is InChI=1S/C13H13FIN3/c1-2-16-13-11(15)8-17-12(18-13)7-9-5-3-4-6-10(9)14/h3-6,8H,2,7H2,1H3,(H,16,17,18). The van der Waals surface area contributed by atoms with Gasteiger partial charge in [-0.15, -0.1) is 0 Å². The van der Waals surface area contributed by atoms with Crippen LogP contribution in [0.25, 0.3) is 0 Å². The normalized spacial score (nSPS) is 10.4. The zero-order chi connectivity index (χ0) is 13.0. The third kappa shape index (κ3) is 3.16. The Balaban J connectivity index is 2.24. The summed E-state index contributed by atoms with van der Waals surface area (Å²) in [6, 6.07) is 6.70. The second-order valence-electron chi connectivity index (χ2n) is 3.78. The number of benzene rings is 1. The summed E-state index contributed by atoms with van der Waals surface area (Å²) in [6.45, 7) is 2.81. The van der Waals surface area contributed by atoms with Crippen LogP contribution in [0.1, 0.15) is 18.3 Å². The molecule has 0 fully saturated rings. The van der Waals surface area contributed by atoms with Crippen molar-refractivity contribution < 1.29 is 4.39 Å². The van der Waals surface area contributed by atoms with Crippen molar-refractivity contribution >= 4 is 28.4 Å². The molecule has 1 aromatic heterocycles. The molecule has 1 N–H and O–H groups in total. The number of nitrogens with one attached hydrogen (secondary N) is 1. The van der Waals surface area contributed by atoms with Gasteiger partial charge in [-0.05, 0) is 41.1 Å². The van der Waals surface area contributed by atoms with Gasteiger partial charge in [0.25, 0.3) is 0 Å². The van der Waals surface area contributed by atoms with Gasteiger partial charge in [0.05, 0.1) is 3.57 Å². The van der Waals surface area contributed by atoms with Crippen molar-refractivity contribution in [2.75, 3.05) is 11.9 Å². The van der Waals surface area contributed by atoms with Crippen molar-refractivity contribution in [2.45, 2.75) is 13.3 Å². The van der Waals surface area contributed by atoms with E-state index < -0.39 is 0 Å². The lowest BCUT2D eigenvalue weighted by atomic mass is 10.1. The molecule has 5 heteroatoms. The summed E-state index contributed by atoms with van der Waals surface area (Å²) < 4.78 is 14.5. The van der Waals surface area contributed by atoms with Crippen molar-refractivity contribution in [3.05, 3.63) is 51.2 Å². The van der Waals surface area contributed by atoms with E-state index in [1.807, 2.05) is 13.0 Å². The fourth-order valence-electron chi connectivity index (χ4n) is 1.59. The topological polar surface area (TPSA) is 37.8 Å². The first-order valence-corrected chi connectivity index (χ1v) is 6.77. The summed E-state index contributed by atoms with van der Waals surface area (Å²) in [5.74, 6) is 1.21. The number of aromatic nitrogens is 2. The van der Waals surface area contributed by atoms with Crippen molar-refractivity contribution in [3.63, 3.8) is 0 Å². The molecule has 2 rings (SSSR count). The second kappa shape index (κ2) is 6.08. The summed E-state index contributed by atoms with van der Waals surface area (Å²) in [5, 5.41) is 3.16. The predicted molar refractivity (Wildman–Crippen MR) is 78.1 cm³/mol. The number of nitrogens with zero attached hydrogens (tertiary/aromatic N) is 2. The van der Waals surface area contributed by atoms with Gasteiger partial charge >= 0.3 is 0 Å². The first-order valence-electron chi connectivity index (χ1n) is 5.69. The first kappa shape index (κ1) is 13.2. The van der Waals surface area contributed by atoms with Gasteiger partial charge in [0, 0.05) is 19.2 Å². The molecule has 0 amide bonds. The number of hydrogen-bond acceptors (Lipinski definition) is 3. The molecule has 0 aliphatic carbocycles. The Morgan fingerprint density at radius 3 is 2.83 bits per heavy atom. The Morgan fingerprint density at radius 2 is 2.11 bits per heavy atom. The molecule has 3 nitrogen and oxygen atoms in total. The fraction of sp³-hybridized carbons (Fsp3) is 0.231. The van der Waals surface area contributed by atoms with Gasteiger partial charge in [0.1, 0.15) is 17.5 Å². The zero-order valence-corrected chi connectivity index (χ0v) is 12.1. The molecule has 0 saturated heterocycles. The molecule has 0 aliphatic heterocycles. The van der Waals surface area contributed by atoms with E-state index in [0.717, 1.165) is 15.9 Å². The van der Waals surface area contributed by atoms with Crippen LogP contribution >= 0.6 is 22.6 Å². The molecule has 1 aromatic carbocycles. The largest absolute Gasteiger partial charge is 0.369 e. The first-order chi connectivity index (χ1) is 8.70. The van der Waals surface area contributed by atoms with E-state index in [1.165, 1.54) is 6.07 Å². The van der Waals surface area contributed by atoms with Gasteiger partial charge in [-0.2, -0.15) is 0 Å². The minimum absolute atomic E-state index is 0.218. The van der Waals surface area contributed by atoms with E-state index in [-0.39, 0.29) is 5.82 Å². The van der Waals surface area contributed by atoms with Crippen LogP contribution < -0.4 is 5.32 Å². The molecule has 0 aliphatic rings. The molecule has 0 bridgehead atoms. The molecule has 0 saturated carbocycles. The van der Waals surface area contributed by atoms with Crippen LogP contribution in [-0.4, -0.2) is 16.5 Å². The summed E-state index contributed by atoms with van der Waals surface area (Å²) >= 11 is 2.18. The van der Waals surface area contributed by atoms with Crippen molar-refractivity contribution in [2.24, 2.45) is 0 Å². The van der Waals surface area contributed by atoms with Crippen molar-refractivity contribution in [1.29, 1.82) is 0 Å². The molecule has 0 radical (unpaired) electrons. The minimum Gasteiger partial charge on any atom is -0.369 e. The lowest BCUT2D eigenvalue weighted by Crippen LogP contribution is -2.06. The molecule has 0 spiro atoms. The number of halogens is 2. The minimum atomic E-state index is -0.218. The van der Waals surface area contributed by atoms with Gasteiger partial charge in [-0.25, -0.2) is 14.4 Å². The summed E-state index contributed by atoms with van der Waals surface area (Å²) in [4.78, 5) is 8.63. The average molecular weight is 357 g/mol. The lowest BCUT2D eigenvalue weighted by Gasteiger charge is -2.07. The van der Waals surface area contributed by atoms with Crippen LogP contribution in [0.3, 0.4) is 0 Å². The summed E-state index contributed by atoms with van der Waals surface area (Å²) in [6.07, 6.45) is 2.16. The molecule has 18 heavy (non-hydrogen) atoms. The molecule has 2 aromatic rings. The highest BCUT2D eigenvalue weighted by Gasteiger charge is 2.07. The van der Waals surface area contributed by atoms with E-state index in [4.69, 9.17) is 0 Å². The lowest BCUT2D eigenvalue weighted by molar-refractivity contribution is 0.612. The second-order valence-corrected chi connectivity index (χ2v) is 4.94. The highest BCUT2D eigenvalue weighted by atomic mass is 127. The Morgan fingerprint density at radius 1 is 1.33 bits per heavy atom. The summed E-state index contributed by atoms with van der Waals surface area (Å²) in [5.41, 5.74) is 0.612. The van der Waals surface area contributed by atoms with Gasteiger partial charge in [-0.1, -0.05) is 18.2 Å². The van der Waals surface area contributed by atoms with E-state index in [1.54, 1.807) is 18.3 Å². The number of anilines is 1. The van der Waals surface area contributed by atoms with Gasteiger partial charge < -0.3 is 5.32 Å². The van der Waals surface area contributed by atoms with Crippen LogP contribution in [0.15, 0.2) is 30.5 Å². The van der Waals surface area contributed by atoms with Crippen LogP contribution in [0.5, 0.6) is 0 Å². The van der Waals surface area contributed by atoms with E-state index in [0.29, 0.717) is 17.8 Å².